The molecule has 0 aliphatic rings. The smallest absolute Gasteiger partial charge is 0.392 e. The van der Waals surface area contributed by atoms with Gasteiger partial charge in [0.2, 0.25) is 0 Å². The molecule has 0 saturated carbocycles. The number of aryl methyl sites for hydroxylation is 1. The Morgan fingerprint density at radius 3 is 2.61 bits per heavy atom. The van der Waals surface area contributed by atoms with Crippen LogP contribution in [0.4, 0.5) is 13.2 Å². The Morgan fingerprint density at radius 1 is 1.39 bits per heavy atom. The molecule has 1 rings (SSSR count). The zero-order valence-corrected chi connectivity index (χ0v) is 10.1. The summed E-state index contributed by atoms with van der Waals surface area (Å²) in [6, 6.07) is 4.98. The van der Waals surface area contributed by atoms with E-state index in [-0.39, 0.29) is 5.75 Å². The summed E-state index contributed by atoms with van der Waals surface area (Å²) in [5.74, 6) is 0.278. The Labute approximate surface area is 103 Å². The molecule has 1 aromatic rings. The van der Waals surface area contributed by atoms with E-state index in [1.54, 1.807) is 25.1 Å². The molecule has 0 saturated heterocycles. The number of hydrogen-bond acceptors (Lipinski definition) is 3. The summed E-state index contributed by atoms with van der Waals surface area (Å²) in [6.45, 7) is 2.91. The third-order valence-corrected chi connectivity index (χ3v) is 2.32. The van der Waals surface area contributed by atoms with Crippen molar-refractivity contribution in [2.45, 2.75) is 26.4 Å². The van der Waals surface area contributed by atoms with E-state index < -0.39 is 19.2 Å². The number of nitrogens with zero attached hydrogens (tertiary/aromatic N) is 1. The van der Waals surface area contributed by atoms with E-state index in [1.807, 2.05) is 6.92 Å². The average molecular weight is 261 g/mol. The van der Waals surface area contributed by atoms with Crippen LogP contribution in [0, 0.1) is 6.92 Å². The standard InChI is InChI=1S/C12H14F3NO2/c1-8-3-4-11(10(7-8)9(2)16-17)18-6-5-12(13,14)15/h3-4,7,17H,5-6H2,1-2H3. The summed E-state index contributed by atoms with van der Waals surface area (Å²) >= 11 is 0. The Hall–Kier alpha value is -1.72. The van der Waals surface area contributed by atoms with Gasteiger partial charge in [0.05, 0.1) is 18.7 Å². The molecule has 6 heteroatoms. The highest BCUT2D eigenvalue weighted by Crippen LogP contribution is 2.24. The van der Waals surface area contributed by atoms with Gasteiger partial charge in [-0.25, -0.2) is 0 Å². The fourth-order valence-corrected chi connectivity index (χ4v) is 1.38. The maximum atomic E-state index is 12.0. The zero-order valence-electron chi connectivity index (χ0n) is 10.1. The van der Waals surface area contributed by atoms with Gasteiger partial charge in [0.1, 0.15) is 5.75 Å². The van der Waals surface area contributed by atoms with E-state index in [0.717, 1.165) is 5.56 Å². The van der Waals surface area contributed by atoms with Crippen LogP contribution < -0.4 is 4.74 Å². The Morgan fingerprint density at radius 2 is 2.06 bits per heavy atom. The lowest BCUT2D eigenvalue weighted by Crippen LogP contribution is -2.14. The van der Waals surface area contributed by atoms with Crippen LogP contribution in [0.2, 0.25) is 0 Å². The van der Waals surface area contributed by atoms with Crippen LogP contribution in [0.3, 0.4) is 0 Å². The highest BCUT2D eigenvalue weighted by Gasteiger charge is 2.27. The van der Waals surface area contributed by atoms with E-state index in [9.17, 15) is 13.2 Å². The van der Waals surface area contributed by atoms with Gasteiger partial charge >= 0.3 is 6.18 Å². The van der Waals surface area contributed by atoms with Crippen LogP contribution in [-0.4, -0.2) is 23.7 Å². The monoisotopic (exact) mass is 261 g/mol. The summed E-state index contributed by atoms with van der Waals surface area (Å²) in [5.41, 5.74) is 1.68. The molecule has 0 fully saturated rings. The lowest BCUT2D eigenvalue weighted by molar-refractivity contribution is -0.139. The second kappa shape index (κ2) is 5.75. The molecule has 0 radical (unpaired) electrons. The zero-order chi connectivity index (χ0) is 13.8. The van der Waals surface area contributed by atoms with Gasteiger partial charge < -0.3 is 9.94 Å². The normalized spacial score (nSPS) is 12.6. The van der Waals surface area contributed by atoms with Gasteiger partial charge in [-0.3, -0.25) is 0 Å². The molecule has 0 aromatic heterocycles. The van der Waals surface area contributed by atoms with Crippen molar-refractivity contribution in [3.8, 4) is 5.75 Å². The van der Waals surface area contributed by atoms with Gasteiger partial charge in [-0.1, -0.05) is 16.8 Å². The first-order valence-corrected chi connectivity index (χ1v) is 5.32. The van der Waals surface area contributed by atoms with Crippen LogP contribution in [0.1, 0.15) is 24.5 Å². The average Bonchev–Trinajstić information content (AvgIpc) is 2.28. The molecule has 18 heavy (non-hydrogen) atoms. The number of alkyl halides is 3. The van der Waals surface area contributed by atoms with Crippen LogP contribution in [0.5, 0.6) is 5.75 Å². The van der Waals surface area contributed by atoms with Gasteiger partial charge in [-0.15, -0.1) is 0 Å². The Balaban J connectivity index is 2.82. The molecule has 3 nitrogen and oxygen atoms in total. The van der Waals surface area contributed by atoms with Gasteiger partial charge in [0, 0.05) is 5.56 Å². The molecule has 0 aliphatic carbocycles. The topological polar surface area (TPSA) is 41.8 Å². The van der Waals surface area contributed by atoms with Crippen LogP contribution in [0.15, 0.2) is 23.4 Å². The molecular weight excluding hydrogens is 247 g/mol. The summed E-state index contributed by atoms with van der Waals surface area (Å²) in [6.07, 6.45) is -5.26. The number of halogens is 3. The van der Waals surface area contributed by atoms with Crippen molar-refractivity contribution in [3.05, 3.63) is 29.3 Å². The SMILES string of the molecule is CC(=NO)c1cc(C)ccc1OCCC(F)(F)F. The minimum atomic E-state index is -4.25. The van der Waals surface area contributed by atoms with Gasteiger partial charge in [0.25, 0.3) is 0 Å². The summed E-state index contributed by atoms with van der Waals surface area (Å²) < 4.78 is 41.1. The summed E-state index contributed by atoms with van der Waals surface area (Å²) in [4.78, 5) is 0. The Kier molecular flexibility index (Phi) is 4.58. The first-order valence-electron chi connectivity index (χ1n) is 5.32. The van der Waals surface area contributed by atoms with E-state index in [1.165, 1.54) is 0 Å². The van der Waals surface area contributed by atoms with Crippen molar-refractivity contribution in [2.75, 3.05) is 6.61 Å². The molecule has 1 aromatic carbocycles. The second-order valence-corrected chi connectivity index (χ2v) is 3.90. The van der Waals surface area contributed by atoms with Crippen LogP contribution in [0.25, 0.3) is 0 Å². The number of oxime groups is 1. The largest absolute Gasteiger partial charge is 0.493 e. The summed E-state index contributed by atoms with van der Waals surface area (Å²) in [5, 5.41) is 11.7. The van der Waals surface area contributed by atoms with Crippen LogP contribution >= 0.6 is 0 Å². The molecule has 100 valence electrons. The highest BCUT2D eigenvalue weighted by atomic mass is 19.4. The maximum absolute atomic E-state index is 12.0. The van der Waals surface area contributed by atoms with Crippen LogP contribution in [-0.2, 0) is 0 Å². The first kappa shape index (κ1) is 14.3. The minimum absolute atomic E-state index is 0.278. The predicted molar refractivity (Wildman–Crippen MR) is 61.3 cm³/mol. The third kappa shape index (κ3) is 4.27. The molecule has 0 heterocycles. The number of hydrogen-bond donors (Lipinski definition) is 1. The molecule has 0 bridgehead atoms. The van der Waals surface area contributed by atoms with Crippen molar-refractivity contribution in [1.82, 2.24) is 0 Å². The highest BCUT2D eigenvalue weighted by molar-refractivity contribution is 6.00. The van der Waals surface area contributed by atoms with E-state index >= 15 is 0 Å². The van der Waals surface area contributed by atoms with E-state index in [4.69, 9.17) is 9.94 Å². The minimum Gasteiger partial charge on any atom is -0.493 e. The molecule has 0 amide bonds. The number of benzene rings is 1. The lowest BCUT2D eigenvalue weighted by atomic mass is 10.1. The molecule has 0 unspecified atom stereocenters. The molecule has 1 N–H and O–H groups in total. The molecule has 0 aliphatic heterocycles. The lowest BCUT2D eigenvalue weighted by Gasteiger charge is -2.12. The number of rotatable bonds is 4. The quantitative estimate of drug-likeness (QED) is 0.512. The fraction of sp³-hybridized carbons (Fsp3) is 0.417. The van der Waals surface area contributed by atoms with Crippen molar-refractivity contribution >= 4 is 5.71 Å². The summed E-state index contributed by atoms with van der Waals surface area (Å²) in [7, 11) is 0. The van der Waals surface area contributed by atoms with Gasteiger partial charge in [-0.05, 0) is 26.0 Å². The predicted octanol–water partition coefficient (Wildman–Crippen LogP) is 3.52. The fourth-order valence-electron chi connectivity index (χ4n) is 1.38. The molecule has 0 spiro atoms. The van der Waals surface area contributed by atoms with Gasteiger partial charge in [0.15, 0.2) is 0 Å². The number of ether oxygens (including phenoxy) is 1. The van der Waals surface area contributed by atoms with Crippen molar-refractivity contribution < 1.29 is 23.1 Å². The van der Waals surface area contributed by atoms with Crippen molar-refractivity contribution in [2.24, 2.45) is 5.16 Å². The maximum Gasteiger partial charge on any atom is 0.392 e. The first-order chi connectivity index (χ1) is 8.33. The van der Waals surface area contributed by atoms with Crippen molar-refractivity contribution in [1.29, 1.82) is 0 Å². The third-order valence-electron chi connectivity index (χ3n) is 2.32. The van der Waals surface area contributed by atoms with E-state index in [0.29, 0.717) is 11.3 Å². The Bertz CT molecular complexity index is 441. The molecular formula is C12H14F3NO2. The molecule has 0 atom stereocenters. The second-order valence-electron chi connectivity index (χ2n) is 3.90. The van der Waals surface area contributed by atoms with Crippen molar-refractivity contribution in [3.63, 3.8) is 0 Å². The van der Waals surface area contributed by atoms with Gasteiger partial charge in [-0.2, -0.15) is 13.2 Å². The van der Waals surface area contributed by atoms with E-state index in [2.05, 4.69) is 5.16 Å².